The number of hydrogen-bond acceptors (Lipinski definition) is 5. The number of nitro groups is 1. The summed E-state index contributed by atoms with van der Waals surface area (Å²) in [5.41, 5.74) is 3.27. The van der Waals surface area contributed by atoms with Crippen LogP contribution in [0.5, 0.6) is 0 Å². The first-order valence-electron chi connectivity index (χ1n) is 9.35. The van der Waals surface area contributed by atoms with Crippen LogP contribution in [0, 0.1) is 10.1 Å². The summed E-state index contributed by atoms with van der Waals surface area (Å²) in [4.78, 5) is 34.0. The lowest BCUT2D eigenvalue weighted by atomic mass is 10.0. The Hall–Kier alpha value is -4.00. The van der Waals surface area contributed by atoms with Gasteiger partial charge in [0, 0.05) is 24.2 Å². The fourth-order valence-corrected chi connectivity index (χ4v) is 2.77. The van der Waals surface area contributed by atoms with Crippen LogP contribution in [0.25, 0.3) is 11.1 Å². The van der Waals surface area contributed by atoms with E-state index in [1.807, 2.05) is 54.6 Å². The molecule has 1 N–H and O–H groups in total. The van der Waals surface area contributed by atoms with Crippen molar-refractivity contribution in [3.63, 3.8) is 0 Å². The average molecular weight is 404 g/mol. The van der Waals surface area contributed by atoms with E-state index >= 15 is 0 Å². The molecule has 0 spiro atoms. The van der Waals surface area contributed by atoms with Crippen molar-refractivity contribution in [3.05, 3.63) is 100 Å². The van der Waals surface area contributed by atoms with Gasteiger partial charge in [0.05, 0.1) is 11.3 Å². The molecule has 0 radical (unpaired) electrons. The number of carbonyl (C=O) groups is 2. The van der Waals surface area contributed by atoms with Gasteiger partial charge in [-0.15, -0.1) is 0 Å². The Bertz CT molecular complexity index is 1020. The molecule has 152 valence electrons. The summed E-state index contributed by atoms with van der Waals surface area (Å²) in [7, 11) is 0. The van der Waals surface area contributed by atoms with Crippen molar-refractivity contribution in [3.8, 4) is 11.1 Å². The summed E-state index contributed by atoms with van der Waals surface area (Å²) >= 11 is 0. The van der Waals surface area contributed by atoms with Crippen molar-refractivity contribution in [2.75, 3.05) is 6.54 Å². The van der Waals surface area contributed by atoms with Crippen LogP contribution in [-0.2, 0) is 16.1 Å². The van der Waals surface area contributed by atoms with Crippen LogP contribution >= 0.6 is 0 Å². The normalized spacial score (nSPS) is 10.3. The van der Waals surface area contributed by atoms with Gasteiger partial charge in [-0.1, -0.05) is 54.6 Å². The van der Waals surface area contributed by atoms with Gasteiger partial charge in [0.2, 0.25) is 0 Å². The van der Waals surface area contributed by atoms with E-state index in [1.165, 1.54) is 24.3 Å². The molecule has 7 nitrogen and oxygen atoms in total. The van der Waals surface area contributed by atoms with Crippen LogP contribution < -0.4 is 5.32 Å². The largest absolute Gasteiger partial charge is 0.461 e. The number of benzene rings is 3. The maximum Gasteiger partial charge on any atom is 0.307 e. The SMILES string of the molecule is O=C(CCNC(=O)c1ccc([N+](=O)[O-])cc1)OCc1ccc(-c2ccccc2)cc1. The topological polar surface area (TPSA) is 98.5 Å². The third kappa shape index (κ3) is 5.75. The molecule has 3 aromatic rings. The highest BCUT2D eigenvalue weighted by atomic mass is 16.6. The van der Waals surface area contributed by atoms with Crippen molar-refractivity contribution in [2.24, 2.45) is 0 Å². The standard InChI is InChI=1S/C23H20N2O5/c26-22(14-15-24-23(27)20-10-12-21(13-11-20)25(28)29)30-16-17-6-8-19(9-7-17)18-4-2-1-3-5-18/h1-13H,14-16H2,(H,24,27). The van der Waals surface area contributed by atoms with E-state index in [1.54, 1.807) is 0 Å². The van der Waals surface area contributed by atoms with Crippen molar-refractivity contribution in [1.29, 1.82) is 0 Å². The third-order valence-electron chi connectivity index (χ3n) is 4.42. The molecule has 3 rings (SSSR count). The first-order valence-corrected chi connectivity index (χ1v) is 9.35. The van der Waals surface area contributed by atoms with Crippen molar-refractivity contribution in [2.45, 2.75) is 13.0 Å². The second-order valence-corrected chi connectivity index (χ2v) is 6.53. The highest BCUT2D eigenvalue weighted by molar-refractivity contribution is 5.94. The van der Waals surface area contributed by atoms with Gasteiger partial charge in [0.15, 0.2) is 0 Å². The van der Waals surface area contributed by atoms with E-state index < -0.39 is 16.8 Å². The fourth-order valence-electron chi connectivity index (χ4n) is 2.77. The summed E-state index contributed by atoms with van der Waals surface area (Å²) < 4.78 is 5.24. The number of amides is 1. The van der Waals surface area contributed by atoms with Crippen LogP contribution in [0.3, 0.4) is 0 Å². The molecule has 0 bridgehead atoms. The van der Waals surface area contributed by atoms with Gasteiger partial charge in [-0.25, -0.2) is 0 Å². The number of nitrogens with one attached hydrogen (secondary N) is 1. The lowest BCUT2D eigenvalue weighted by Crippen LogP contribution is -2.26. The molecule has 0 unspecified atom stereocenters. The van der Waals surface area contributed by atoms with E-state index in [-0.39, 0.29) is 30.8 Å². The summed E-state index contributed by atoms with van der Waals surface area (Å²) in [6.45, 7) is 0.270. The highest BCUT2D eigenvalue weighted by Crippen LogP contribution is 2.19. The Balaban J connectivity index is 1.40. The second kappa shape index (κ2) is 9.97. The van der Waals surface area contributed by atoms with Crippen LogP contribution in [0.2, 0.25) is 0 Å². The van der Waals surface area contributed by atoms with E-state index in [9.17, 15) is 19.7 Å². The summed E-state index contributed by atoms with van der Waals surface area (Å²) in [5.74, 6) is -0.833. The zero-order chi connectivity index (χ0) is 21.3. The number of non-ortho nitro benzene ring substituents is 1. The molecular formula is C23H20N2O5. The average Bonchev–Trinajstić information content (AvgIpc) is 2.78. The molecule has 0 aliphatic rings. The molecule has 0 aliphatic heterocycles. The van der Waals surface area contributed by atoms with E-state index in [4.69, 9.17) is 4.74 Å². The number of carbonyl (C=O) groups excluding carboxylic acids is 2. The Labute approximate surface area is 173 Å². The third-order valence-corrected chi connectivity index (χ3v) is 4.42. The molecule has 0 atom stereocenters. The van der Waals surface area contributed by atoms with Gasteiger partial charge in [-0.05, 0) is 28.8 Å². The van der Waals surface area contributed by atoms with Gasteiger partial charge < -0.3 is 10.1 Å². The monoisotopic (exact) mass is 404 g/mol. The summed E-state index contributed by atoms with van der Waals surface area (Å²) in [5, 5.41) is 13.2. The van der Waals surface area contributed by atoms with E-state index in [2.05, 4.69) is 5.32 Å². The van der Waals surface area contributed by atoms with Gasteiger partial charge in [-0.2, -0.15) is 0 Å². The van der Waals surface area contributed by atoms with Crippen molar-refractivity contribution >= 4 is 17.6 Å². The predicted octanol–water partition coefficient (Wildman–Crippen LogP) is 4.13. The van der Waals surface area contributed by atoms with Crippen LogP contribution in [-0.4, -0.2) is 23.3 Å². The lowest BCUT2D eigenvalue weighted by Gasteiger charge is -2.08. The number of ether oxygens (including phenoxy) is 1. The maximum atomic E-state index is 12.0. The maximum absolute atomic E-state index is 12.0. The van der Waals surface area contributed by atoms with Gasteiger partial charge in [0.25, 0.3) is 11.6 Å². The first-order chi connectivity index (χ1) is 14.5. The molecule has 3 aromatic carbocycles. The molecular weight excluding hydrogens is 384 g/mol. The number of hydrogen-bond donors (Lipinski definition) is 1. The predicted molar refractivity (Wildman–Crippen MR) is 112 cm³/mol. The van der Waals surface area contributed by atoms with Gasteiger partial charge >= 0.3 is 5.97 Å². The molecule has 0 heterocycles. The zero-order valence-electron chi connectivity index (χ0n) is 16.1. The highest BCUT2D eigenvalue weighted by Gasteiger charge is 2.10. The molecule has 0 saturated heterocycles. The molecule has 0 fully saturated rings. The summed E-state index contributed by atoms with van der Waals surface area (Å²) in [6.07, 6.45) is 0.0286. The van der Waals surface area contributed by atoms with Crippen LogP contribution in [0.4, 0.5) is 5.69 Å². The molecule has 30 heavy (non-hydrogen) atoms. The number of rotatable bonds is 8. The number of nitrogens with zero attached hydrogens (tertiary/aromatic N) is 1. The number of nitro benzene ring substituents is 1. The lowest BCUT2D eigenvalue weighted by molar-refractivity contribution is -0.384. The van der Waals surface area contributed by atoms with Gasteiger partial charge in [-0.3, -0.25) is 19.7 Å². The molecule has 1 amide bonds. The quantitative estimate of drug-likeness (QED) is 0.346. The van der Waals surface area contributed by atoms with Crippen LogP contribution in [0.1, 0.15) is 22.3 Å². The fraction of sp³-hybridized carbons (Fsp3) is 0.130. The Morgan fingerprint density at radius 1 is 0.867 bits per heavy atom. The minimum Gasteiger partial charge on any atom is -0.461 e. The smallest absolute Gasteiger partial charge is 0.307 e. The Morgan fingerprint density at radius 2 is 1.50 bits per heavy atom. The Kier molecular flexibility index (Phi) is 6.89. The van der Waals surface area contributed by atoms with Crippen molar-refractivity contribution in [1.82, 2.24) is 5.32 Å². The first kappa shape index (κ1) is 20.7. The minimum atomic E-state index is -0.535. The molecule has 0 aromatic heterocycles. The van der Waals surface area contributed by atoms with Crippen molar-refractivity contribution < 1.29 is 19.2 Å². The van der Waals surface area contributed by atoms with E-state index in [0.29, 0.717) is 0 Å². The van der Waals surface area contributed by atoms with Gasteiger partial charge in [0.1, 0.15) is 6.61 Å². The molecule has 0 saturated carbocycles. The summed E-state index contributed by atoms with van der Waals surface area (Å²) in [6, 6.07) is 23.0. The minimum absolute atomic E-state index is 0.0286. The second-order valence-electron chi connectivity index (χ2n) is 6.53. The Morgan fingerprint density at radius 3 is 2.13 bits per heavy atom. The molecule has 0 aliphatic carbocycles. The van der Waals surface area contributed by atoms with E-state index in [0.717, 1.165) is 16.7 Å². The zero-order valence-corrected chi connectivity index (χ0v) is 16.1. The van der Waals surface area contributed by atoms with Crippen LogP contribution in [0.15, 0.2) is 78.9 Å². The number of esters is 1. The molecule has 7 heteroatoms.